The van der Waals surface area contributed by atoms with Crippen LogP contribution in [0.15, 0.2) is 60.3 Å². The second-order valence-electron chi connectivity index (χ2n) is 7.81. The van der Waals surface area contributed by atoms with E-state index in [1.165, 1.54) is 23.1 Å². The molecule has 1 fully saturated rings. The highest BCUT2D eigenvalue weighted by atomic mass is 35.5. The van der Waals surface area contributed by atoms with Gasteiger partial charge in [-0.15, -0.1) is 5.73 Å². The lowest BCUT2D eigenvalue weighted by Gasteiger charge is -2.24. The summed E-state index contributed by atoms with van der Waals surface area (Å²) >= 11 is 5.79. The van der Waals surface area contributed by atoms with Gasteiger partial charge in [0, 0.05) is 29.8 Å². The fraction of sp³-hybridized carbons (Fsp3) is 0.240. The molecule has 1 aliphatic heterocycles. The largest absolute Gasteiger partial charge is 0.388 e. The van der Waals surface area contributed by atoms with Crippen molar-refractivity contribution in [1.82, 2.24) is 10.2 Å². The van der Waals surface area contributed by atoms with Crippen LogP contribution in [0.1, 0.15) is 17.5 Å². The molecule has 1 atom stereocenters. The fourth-order valence-corrected chi connectivity index (χ4v) is 3.88. The van der Waals surface area contributed by atoms with Gasteiger partial charge in [0.15, 0.2) is 0 Å². The van der Waals surface area contributed by atoms with Crippen LogP contribution < -0.4 is 10.6 Å². The molecule has 1 aliphatic rings. The van der Waals surface area contributed by atoms with Crippen LogP contribution in [0.5, 0.6) is 0 Å². The predicted octanol–water partition coefficient (Wildman–Crippen LogP) is 2.45. The van der Waals surface area contributed by atoms with Gasteiger partial charge in [0.25, 0.3) is 0 Å². The SMILES string of the molecule is C=C=C1C[C@@H](C(=O)NCc2cccc(Cl)c2F)N(C(=O)CNc2ccccc2C(=N)C(=O)CO)C1. The predicted molar refractivity (Wildman–Crippen MR) is 130 cm³/mol. The van der Waals surface area contributed by atoms with E-state index in [4.69, 9.17) is 22.1 Å². The van der Waals surface area contributed by atoms with E-state index in [9.17, 15) is 18.8 Å². The maximum atomic E-state index is 14.1. The summed E-state index contributed by atoms with van der Waals surface area (Å²) < 4.78 is 14.1. The molecule has 4 N–H and O–H groups in total. The van der Waals surface area contributed by atoms with Crippen LogP contribution in [-0.4, -0.2) is 59.1 Å². The van der Waals surface area contributed by atoms with Crippen molar-refractivity contribution in [1.29, 1.82) is 5.41 Å². The zero-order valence-electron chi connectivity index (χ0n) is 18.7. The molecule has 0 unspecified atom stereocenters. The van der Waals surface area contributed by atoms with E-state index in [-0.39, 0.29) is 47.9 Å². The van der Waals surface area contributed by atoms with Crippen LogP contribution in [0.2, 0.25) is 5.02 Å². The number of aliphatic hydroxyl groups excluding tert-OH is 1. The van der Waals surface area contributed by atoms with Crippen molar-refractivity contribution in [2.24, 2.45) is 0 Å². The lowest BCUT2D eigenvalue weighted by molar-refractivity contribution is -0.137. The smallest absolute Gasteiger partial charge is 0.243 e. The second-order valence-corrected chi connectivity index (χ2v) is 8.22. The van der Waals surface area contributed by atoms with Gasteiger partial charge in [0.05, 0.1) is 18.1 Å². The minimum Gasteiger partial charge on any atom is -0.388 e. The van der Waals surface area contributed by atoms with Gasteiger partial charge in [-0.3, -0.25) is 19.8 Å². The Hall–Kier alpha value is -3.78. The molecule has 0 spiro atoms. The highest BCUT2D eigenvalue weighted by Crippen LogP contribution is 2.24. The van der Waals surface area contributed by atoms with Crippen LogP contribution in [0.3, 0.4) is 0 Å². The van der Waals surface area contributed by atoms with Gasteiger partial charge in [0.2, 0.25) is 17.6 Å². The van der Waals surface area contributed by atoms with E-state index in [0.717, 1.165) is 0 Å². The molecular weight excluding hydrogens is 475 g/mol. The van der Waals surface area contributed by atoms with Crippen LogP contribution in [0, 0.1) is 11.2 Å². The Bertz CT molecular complexity index is 1230. The normalized spacial score (nSPS) is 14.9. The van der Waals surface area contributed by atoms with Crippen LogP contribution in [-0.2, 0) is 20.9 Å². The van der Waals surface area contributed by atoms with Crippen molar-refractivity contribution in [3.63, 3.8) is 0 Å². The molecule has 0 radical (unpaired) electrons. The topological polar surface area (TPSA) is 123 Å². The maximum absolute atomic E-state index is 14.1. The Morgan fingerprint density at radius 2 is 1.97 bits per heavy atom. The number of amides is 2. The lowest BCUT2D eigenvalue weighted by Crippen LogP contribution is -2.47. The van der Waals surface area contributed by atoms with Crippen LogP contribution >= 0.6 is 11.6 Å². The Labute approximate surface area is 206 Å². The average Bonchev–Trinajstić information content (AvgIpc) is 3.32. The number of para-hydroxylation sites is 1. The number of hydrogen-bond donors (Lipinski definition) is 4. The van der Waals surface area contributed by atoms with Gasteiger partial charge < -0.3 is 20.6 Å². The molecule has 1 saturated heterocycles. The van der Waals surface area contributed by atoms with E-state index < -0.39 is 36.1 Å². The fourth-order valence-electron chi connectivity index (χ4n) is 3.69. The second kappa shape index (κ2) is 11.6. The van der Waals surface area contributed by atoms with Crippen LogP contribution in [0.25, 0.3) is 0 Å². The average molecular weight is 499 g/mol. The number of anilines is 1. The Morgan fingerprint density at radius 1 is 1.23 bits per heavy atom. The summed E-state index contributed by atoms with van der Waals surface area (Å²) in [5, 5.41) is 22.5. The van der Waals surface area contributed by atoms with E-state index in [1.54, 1.807) is 24.3 Å². The first-order valence-corrected chi connectivity index (χ1v) is 11.1. The summed E-state index contributed by atoms with van der Waals surface area (Å²) in [6.07, 6.45) is 0.241. The number of carbonyl (C=O) groups is 3. The summed E-state index contributed by atoms with van der Waals surface area (Å²) in [5.41, 5.74) is 3.87. The Balaban J connectivity index is 1.69. The first-order chi connectivity index (χ1) is 16.8. The summed E-state index contributed by atoms with van der Waals surface area (Å²) in [5.74, 6) is -2.23. The van der Waals surface area contributed by atoms with E-state index >= 15 is 0 Å². The molecule has 10 heteroatoms. The number of rotatable bonds is 9. The molecule has 0 aliphatic carbocycles. The lowest BCUT2D eigenvalue weighted by atomic mass is 10.0. The van der Waals surface area contributed by atoms with E-state index in [1.807, 2.05) is 0 Å². The third-order valence-electron chi connectivity index (χ3n) is 5.58. The van der Waals surface area contributed by atoms with Crippen molar-refractivity contribution in [3.05, 3.63) is 82.3 Å². The zero-order valence-corrected chi connectivity index (χ0v) is 19.5. The molecule has 35 heavy (non-hydrogen) atoms. The quantitative estimate of drug-likeness (QED) is 0.312. The van der Waals surface area contributed by atoms with Crippen molar-refractivity contribution in [3.8, 4) is 0 Å². The number of likely N-dealkylation sites (tertiary alicyclic amines) is 1. The molecule has 2 aromatic carbocycles. The molecule has 0 aromatic heterocycles. The molecule has 0 bridgehead atoms. The molecule has 182 valence electrons. The number of halogens is 2. The minimum absolute atomic E-state index is 0.0496. The van der Waals surface area contributed by atoms with Crippen LogP contribution in [0.4, 0.5) is 10.1 Å². The summed E-state index contributed by atoms with van der Waals surface area (Å²) in [6, 6.07) is 10.1. The van der Waals surface area contributed by atoms with Crippen molar-refractivity contribution >= 4 is 40.6 Å². The summed E-state index contributed by atoms with van der Waals surface area (Å²) in [6.45, 7) is 2.66. The maximum Gasteiger partial charge on any atom is 0.243 e. The number of ketones is 1. The molecule has 2 amide bonds. The number of hydrogen-bond acceptors (Lipinski definition) is 6. The zero-order chi connectivity index (χ0) is 25.5. The van der Waals surface area contributed by atoms with E-state index in [2.05, 4.69) is 22.9 Å². The Kier molecular flexibility index (Phi) is 8.54. The highest BCUT2D eigenvalue weighted by Gasteiger charge is 2.36. The van der Waals surface area contributed by atoms with Gasteiger partial charge in [-0.1, -0.05) is 48.5 Å². The van der Waals surface area contributed by atoms with Gasteiger partial charge in [-0.2, -0.15) is 0 Å². The Morgan fingerprint density at radius 3 is 2.69 bits per heavy atom. The molecule has 1 heterocycles. The monoisotopic (exact) mass is 498 g/mol. The first kappa shape index (κ1) is 25.8. The molecule has 0 saturated carbocycles. The molecular formula is C25H24ClFN4O4. The first-order valence-electron chi connectivity index (χ1n) is 10.7. The number of nitrogens with one attached hydrogen (secondary N) is 3. The number of aliphatic hydroxyl groups is 1. The van der Waals surface area contributed by atoms with Crippen molar-refractivity contribution < 1.29 is 23.9 Å². The highest BCUT2D eigenvalue weighted by molar-refractivity contribution is 6.46. The van der Waals surface area contributed by atoms with Gasteiger partial charge in [-0.05, 0) is 17.7 Å². The standard InChI is InChI=1S/C25H24ClFN4O4/c1-2-15-10-20(25(35)30-11-16-6-5-8-18(26)23(16)27)31(13-15)22(34)12-29-19-9-4-3-7-17(19)24(28)21(33)14-32/h3-9,20,28-29,32H,1,10-14H2,(H,30,35)/t20-/m0/s1. The molecule has 3 rings (SSSR count). The minimum atomic E-state index is -0.833. The number of nitrogens with zero attached hydrogens (tertiary/aromatic N) is 1. The molecule has 2 aromatic rings. The number of benzene rings is 2. The van der Waals surface area contributed by atoms with Crippen molar-refractivity contribution in [2.75, 3.05) is 25.0 Å². The summed E-state index contributed by atoms with van der Waals surface area (Å²) in [4.78, 5) is 39.0. The van der Waals surface area contributed by atoms with Gasteiger partial charge in [-0.25, -0.2) is 4.39 Å². The van der Waals surface area contributed by atoms with E-state index in [0.29, 0.717) is 11.3 Å². The van der Waals surface area contributed by atoms with Gasteiger partial charge in [0.1, 0.15) is 24.2 Å². The van der Waals surface area contributed by atoms with Crippen molar-refractivity contribution in [2.45, 2.75) is 19.0 Å². The van der Waals surface area contributed by atoms with Gasteiger partial charge >= 0.3 is 0 Å². The third-order valence-corrected chi connectivity index (χ3v) is 5.88. The summed E-state index contributed by atoms with van der Waals surface area (Å²) in [7, 11) is 0. The third kappa shape index (κ3) is 6.02. The number of carbonyl (C=O) groups excluding carboxylic acids is 3. The number of Topliss-reactive ketones (excluding diaryl/α,β-unsaturated/α-hetero) is 1. The molecule has 8 nitrogen and oxygen atoms in total.